The van der Waals surface area contributed by atoms with Gasteiger partial charge in [0, 0.05) is 24.6 Å². The van der Waals surface area contributed by atoms with Crippen LogP contribution in [0, 0.1) is 19.7 Å². The monoisotopic (exact) mass is 393 g/mol. The Morgan fingerprint density at radius 3 is 2.76 bits per heavy atom. The highest BCUT2D eigenvalue weighted by Crippen LogP contribution is 2.32. The normalized spacial score (nSPS) is 10.6. The van der Waals surface area contributed by atoms with Crippen molar-refractivity contribution < 1.29 is 13.9 Å². The zero-order chi connectivity index (χ0) is 20.8. The highest BCUT2D eigenvalue weighted by atomic mass is 19.1. The average Bonchev–Trinajstić information content (AvgIpc) is 3.00. The van der Waals surface area contributed by atoms with E-state index in [1.165, 1.54) is 12.1 Å². The lowest BCUT2D eigenvalue weighted by atomic mass is 10.1. The topological polar surface area (TPSA) is 56.2 Å². The number of amides is 1. The predicted octanol–water partition coefficient (Wildman–Crippen LogP) is 4.66. The van der Waals surface area contributed by atoms with E-state index >= 15 is 0 Å². The van der Waals surface area contributed by atoms with Gasteiger partial charge in [-0.15, -0.1) is 6.58 Å². The van der Waals surface area contributed by atoms with E-state index in [0.717, 1.165) is 22.5 Å². The number of halogens is 1. The number of carbonyl (C=O) groups is 1. The Labute approximate surface area is 169 Å². The Kier molecular flexibility index (Phi) is 6.44. The number of hydrogen-bond donors (Lipinski definition) is 1. The van der Waals surface area contributed by atoms with Gasteiger partial charge in [-0.25, -0.2) is 9.07 Å². The maximum Gasteiger partial charge on any atom is 0.226 e. The fraction of sp³-hybridized carbons (Fsp3) is 0.217. The van der Waals surface area contributed by atoms with Gasteiger partial charge in [-0.2, -0.15) is 5.10 Å². The summed E-state index contributed by atoms with van der Waals surface area (Å²) in [5.41, 5.74) is 3.48. The first-order valence-corrected chi connectivity index (χ1v) is 9.44. The minimum atomic E-state index is -0.383. The van der Waals surface area contributed by atoms with Crippen LogP contribution in [0.3, 0.4) is 0 Å². The van der Waals surface area contributed by atoms with Crippen LogP contribution < -0.4 is 10.1 Å². The molecule has 1 N–H and O–H groups in total. The molecule has 0 atom stereocenters. The summed E-state index contributed by atoms with van der Waals surface area (Å²) in [7, 11) is 0. The lowest BCUT2D eigenvalue weighted by Crippen LogP contribution is -2.23. The Morgan fingerprint density at radius 2 is 2.03 bits per heavy atom. The summed E-state index contributed by atoms with van der Waals surface area (Å²) in [6, 6.07) is 13.8. The van der Waals surface area contributed by atoms with E-state index in [0.29, 0.717) is 24.6 Å². The highest BCUT2D eigenvalue weighted by molar-refractivity contribution is 5.76. The van der Waals surface area contributed by atoms with Crippen molar-refractivity contribution in [3.8, 4) is 17.3 Å². The molecule has 5 nitrogen and oxygen atoms in total. The van der Waals surface area contributed by atoms with Gasteiger partial charge >= 0.3 is 0 Å². The molecule has 0 spiro atoms. The second-order valence-corrected chi connectivity index (χ2v) is 6.77. The second-order valence-electron chi connectivity index (χ2n) is 6.77. The molecule has 1 amide bonds. The number of rotatable bonds is 8. The van der Waals surface area contributed by atoms with E-state index in [4.69, 9.17) is 4.74 Å². The van der Waals surface area contributed by atoms with Crippen LogP contribution >= 0.6 is 0 Å². The van der Waals surface area contributed by atoms with Crippen molar-refractivity contribution in [2.75, 3.05) is 6.54 Å². The minimum Gasteiger partial charge on any atom is -0.439 e. The molecule has 0 aliphatic heterocycles. The number of nitrogens with zero attached hydrogens (tertiary/aromatic N) is 2. The van der Waals surface area contributed by atoms with Gasteiger partial charge < -0.3 is 10.1 Å². The Bertz CT molecular complexity index is 1030. The minimum absolute atomic E-state index is 0.0793. The average molecular weight is 393 g/mol. The molecular formula is C23H24FN3O2. The molecule has 2 aromatic carbocycles. The molecule has 29 heavy (non-hydrogen) atoms. The fourth-order valence-electron chi connectivity index (χ4n) is 3.02. The zero-order valence-corrected chi connectivity index (χ0v) is 16.6. The van der Waals surface area contributed by atoms with Crippen LogP contribution in [0.1, 0.15) is 23.2 Å². The zero-order valence-electron chi connectivity index (χ0n) is 16.6. The molecular weight excluding hydrogens is 369 g/mol. The van der Waals surface area contributed by atoms with Gasteiger partial charge in [-0.1, -0.05) is 24.3 Å². The SMILES string of the molecule is C=CCNC(=O)CCc1c(C)nn(-c2cccc(C)c2)c1Oc1cccc(F)c1. The molecule has 0 bridgehead atoms. The molecule has 0 saturated carbocycles. The molecule has 3 rings (SSSR count). The summed E-state index contributed by atoms with van der Waals surface area (Å²) < 4.78 is 21.4. The molecule has 6 heteroatoms. The van der Waals surface area contributed by atoms with Gasteiger partial charge in [0.25, 0.3) is 0 Å². The van der Waals surface area contributed by atoms with Crippen molar-refractivity contribution in [2.45, 2.75) is 26.7 Å². The van der Waals surface area contributed by atoms with Gasteiger partial charge in [0.05, 0.1) is 11.4 Å². The van der Waals surface area contributed by atoms with E-state index in [1.807, 2.05) is 38.1 Å². The smallest absolute Gasteiger partial charge is 0.226 e. The van der Waals surface area contributed by atoms with Gasteiger partial charge in [0.15, 0.2) is 0 Å². The van der Waals surface area contributed by atoms with Crippen molar-refractivity contribution in [1.29, 1.82) is 0 Å². The lowest BCUT2D eigenvalue weighted by molar-refractivity contribution is -0.120. The number of aryl methyl sites for hydroxylation is 2. The van der Waals surface area contributed by atoms with Crippen molar-refractivity contribution >= 4 is 5.91 Å². The van der Waals surface area contributed by atoms with Crippen LogP contribution in [0.25, 0.3) is 5.69 Å². The summed E-state index contributed by atoms with van der Waals surface area (Å²) in [5, 5.41) is 7.40. The Balaban J connectivity index is 1.98. The van der Waals surface area contributed by atoms with Crippen LogP contribution in [-0.4, -0.2) is 22.2 Å². The van der Waals surface area contributed by atoms with Gasteiger partial charge in [-0.05, 0) is 50.1 Å². The molecule has 0 aliphatic rings. The van der Waals surface area contributed by atoms with Crippen LogP contribution in [0.2, 0.25) is 0 Å². The summed E-state index contributed by atoms with van der Waals surface area (Å²) in [6.45, 7) is 7.90. The van der Waals surface area contributed by atoms with Crippen molar-refractivity contribution in [3.63, 3.8) is 0 Å². The van der Waals surface area contributed by atoms with E-state index in [9.17, 15) is 9.18 Å². The molecule has 0 aliphatic carbocycles. The molecule has 0 unspecified atom stereocenters. The molecule has 0 radical (unpaired) electrons. The van der Waals surface area contributed by atoms with E-state index in [2.05, 4.69) is 17.0 Å². The second kappa shape index (κ2) is 9.19. The summed E-state index contributed by atoms with van der Waals surface area (Å²) in [4.78, 5) is 12.0. The number of benzene rings is 2. The van der Waals surface area contributed by atoms with Crippen LogP contribution in [0.5, 0.6) is 11.6 Å². The van der Waals surface area contributed by atoms with Gasteiger partial charge in [0.2, 0.25) is 11.8 Å². The summed E-state index contributed by atoms with van der Waals surface area (Å²) in [6.07, 6.45) is 2.37. The summed E-state index contributed by atoms with van der Waals surface area (Å²) >= 11 is 0. The first kappa shape index (κ1) is 20.3. The first-order valence-electron chi connectivity index (χ1n) is 9.44. The van der Waals surface area contributed by atoms with Gasteiger partial charge in [0.1, 0.15) is 11.6 Å². The van der Waals surface area contributed by atoms with Crippen molar-refractivity contribution in [3.05, 3.63) is 83.8 Å². The Hall–Kier alpha value is -3.41. The predicted molar refractivity (Wildman–Crippen MR) is 111 cm³/mol. The standard InChI is InChI=1S/C23H24FN3O2/c1-4-13-25-22(28)12-11-21-17(3)26-27(19-9-5-7-16(2)14-19)23(21)29-20-10-6-8-18(24)15-20/h4-10,14-15H,1,11-13H2,2-3H3,(H,25,28). The number of carbonyl (C=O) groups excluding carboxylic acids is 1. The molecule has 0 fully saturated rings. The van der Waals surface area contributed by atoms with Crippen LogP contribution in [-0.2, 0) is 11.2 Å². The van der Waals surface area contributed by atoms with E-state index in [1.54, 1.807) is 22.9 Å². The number of hydrogen-bond acceptors (Lipinski definition) is 3. The maximum atomic E-state index is 13.7. The lowest BCUT2D eigenvalue weighted by Gasteiger charge is -2.12. The van der Waals surface area contributed by atoms with Crippen molar-refractivity contribution in [1.82, 2.24) is 15.1 Å². The fourth-order valence-corrected chi connectivity index (χ4v) is 3.02. The molecule has 3 aromatic rings. The number of nitrogens with one attached hydrogen (secondary N) is 1. The molecule has 1 aromatic heterocycles. The molecule has 0 saturated heterocycles. The van der Waals surface area contributed by atoms with Gasteiger partial charge in [-0.3, -0.25) is 4.79 Å². The third-order valence-electron chi connectivity index (χ3n) is 4.44. The van der Waals surface area contributed by atoms with Crippen LogP contribution in [0.4, 0.5) is 4.39 Å². The number of aromatic nitrogens is 2. The quantitative estimate of drug-likeness (QED) is 0.567. The largest absolute Gasteiger partial charge is 0.439 e. The van der Waals surface area contributed by atoms with Crippen LogP contribution in [0.15, 0.2) is 61.2 Å². The number of ether oxygens (including phenoxy) is 1. The first-order chi connectivity index (χ1) is 14.0. The third-order valence-corrected chi connectivity index (χ3v) is 4.44. The Morgan fingerprint density at radius 1 is 1.24 bits per heavy atom. The molecule has 1 heterocycles. The van der Waals surface area contributed by atoms with E-state index < -0.39 is 0 Å². The van der Waals surface area contributed by atoms with Crippen molar-refractivity contribution in [2.24, 2.45) is 0 Å². The summed E-state index contributed by atoms with van der Waals surface area (Å²) in [5.74, 6) is 0.391. The third kappa shape index (κ3) is 5.10. The van der Waals surface area contributed by atoms with E-state index in [-0.39, 0.29) is 18.1 Å². The molecule has 150 valence electrons. The maximum absolute atomic E-state index is 13.7. The highest BCUT2D eigenvalue weighted by Gasteiger charge is 2.20.